The molecule has 0 radical (unpaired) electrons. The number of hydrogen-bond acceptors (Lipinski definition) is 4. The third-order valence-electron chi connectivity index (χ3n) is 3.15. The molecule has 5 nitrogen and oxygen atoms in total. The quantitative estimate of drug-likeness (QED) is 0.835. The zero-order valence-electron chi connectivity index (χ0n) is 11.2. The predicted octanol–water partition coefficient (Wildman–Crippen LogP) is 2.17. The summed E-state index contributed by atoms with van der Waals surface area (Å²) in [6, 6.07) is 7.34. The molecule has 0 aromatic heterocycles. The van der Waals surface area contributed by atoms with E-state index in [-0.39, 0.29) is 18.6 Å². The van der Waals surface area contributed by atoms with Gasteiger partial charge in [0.25, 0.3) is 0 Å². The van der Waals surface area contributed by atoms with Gasteiger partial charge in [0.05, 0.1) is 6.07 Å². The van der Waals surface area contributed by atoms with Crippen LogP contribution in [-0.4, -0.2) is 19.7 Å². The van der Waals surface area contributed by atoms with Crippen molar-refractivity contribution in [3.05, 3.63) is 18.2 Å². The van der Waals surface area contributed by atoms with Crippen LogP contribution in [0.15, 0.2) is 18.2 Å². The molecule has 1 heterocycles. The number of carbonyl (C=O) groups excluding carboxylic acids is 1. The van der Waals surface area contributed by atoms with Gasteiger partial charge in [-0.2, -0.15) is 5.26 Å². The zero-order valence-corrected chi connectivity index (χ0v) is 11.2. The van der Waals surface area contributed by atoms with Crippen LogP contribution in [-0.2, 0) is 4.79 Å². The molecule has 100 valence electrons. The van der Waals surface area contributed by atoms with Crippen molar-refractivity contribution in [2.45, 2.75) is 13.8 Å². The summed E-state index contributed by atoms with van der Waals surface area (Å²) in [4.78, 5) is 13.7. The molecule has 1 aromatic carbocycles. The first-order valence-corrected chi connectivity index (χ1v) is 6.11. The van der Waals surface area contributed by atoms with Gasteiger partial charge in [-0.15, -0.1) is 0 Å². The Kier molecular flexibility index (Phi) is 3.61. The molecule has 1 aliphatic heterocycles. The molecule has 0 bridgehead atoms. The Morgan fingerprint density at radius 3 is 2.68 bits per heavy atom. The van der Waals surface area contributed by atoms with Gasteiger partial charge >= 0.3 is 0 Å². The fraction of sp³-hybridized carbons (Fsp3) is 0.429. The normalized spacial score (nSPS) is 14.1. The van der Waals surface area contributed by atoms with Crippen molar-refractivity contribution >= 4 is 11.6 Å². The Morgan fingerprint density at radius 2 is 2.05 bits per heavy atom. The van der Waals surface area contributed by atoms with Crippen molar-refractivity contribution in [3.63, 3.8) is 0 Å². The van der Waals surface area contributed by atoms with E-state index in [2.05, 4.69) is 6.07 Å². The van der Waals surface area contributed by atoms with Gasteiger partial charge in [0.15, 0.2) is 11.5 Å². The molecule has 1 unspecified atom stereocenters. The van der Waals surface area contributed by atoms with Crippen LogP contribution in [0.3, 0.4) is 0 Å². The van der Waals surface area contributed by atoms with Gasteiger partial charge in [-0.05, 0) is 18.1 Å². The highest BCUT2D eigenvalue weighted by Gasteiger charge is 2.26. The van der Waals surface area contributed by atoms with Crippen molar-refractivity contribution in [3.8, 4) is 17.6 Å². The summed E-state index contributed by atoms with van der Waals surface area (Å²) in [5, 5.41) is 9.08. The number of carbonyl (C=O) groups is 1. The summed E-state index contributed by atoms with van der Waals surface area (Å²) in [6.45, 7) is 3.92. The minimum atomic E-state index is -0.643. The Bertz CT molecular complexity index is 534. The molecule has 1 aromatic rings. The molecule has 0 fully saturated rings. The monoisotopic (exact) mass is 260 g/mol. The summed E-state index contributed by atoms with van der Waals surface area (Å²) in [5.41, 5.74) is 0.690. The van der Waals surface area contributed by atoms with E-state index in [4.69, 9.17) is 14.7 Å². The molecule has 19 heavy (non-hydrogen) atoms. The number of nitriles is 1. The molecule has 2 rings (SSSR count). The number of ether oxygens (including phenoxy) is 2. The van der Waals surface area contributed by atoms with Gasteiger partial charge in [-0.25, -0.2) is 0 Å². The van der Waals surface area contributed by atoms with Crippen LogP contribution in [0.25, 0.3) is 0 Å². The average Bonchev–Trinajstić information content (AvgIpc) is 2.85. The largest absolute Gasteiger partial charge is 0.454 e. The summed E-state index contributed by atoms with van der Waals surface area (Å²) in [6.07, 6.45) is 0. The maximum Gasteiger partial charge on any atom is 0.244 e. The first-order chi connectivity index (χ1) is 9.04. The Balaban J connectivity index is 2.22. The lowest BCUT2D eigenvalue weighted by molar-refractivity contribution is -0.121. The second-order valence-corrected chi connectivity index (χ2v) is 4.79. The highest BCUT2D eigenvalue weighted by molar-refractivity contribution is 5.96. The van der Waals surface area contributed by atoms with E-state index in [1.54, 1.807) is 25.2 Å². The van der Waals surface area contributed by atoms with E-state index < -0.39 is 5.92 Å². The topological polar surface area (TPSA) is 62.6 Å². The lowest BCUT2D eigenvalue weighted by Gasteiger charge is -2.22. The molecule has 0 N–H and O–H groups in total. The third kappa shape index (κ3) is 2.48. The van der Waals surface area contributed by atoms with Crippen LogP contribution in [0.5, 0.6) is 11.5 Å². The summed E-state index contributed by atoms with van der Waals surface area (Å²) in [7, 11) is 1.66. The number of rotatable bonds is 3. The average molecular weight is 260 g/mol. The Morgan fingerprint density at radius 1 is 1.37 bits per heavy atom. The van der Waals surface area contributed by atoms with Crippen molar-refractivity contribution in [2.24, 2.45) is 11.8 Å². The Hall–Kier alpha value is -2.22. The molecule has 1 amide bonds. The van der Waals surface area contributed by atoms with E-state index in [0.29, 0.717) is 17.2 Å². The second kappa shape index (κ2) is 5.19. The van der Waals surface area contributed by atoms with E-state index in [1.165, 1.54) is 4.90 Å². The smallest absolute Gasteiger partial charge is 0.244 e. The lowest BCUT2D eigenvalue weighted by Crippen LogP contribution is -2.34. The van der Waals surface area contributed by atoms with Crippen LogP contribution in [0.2, 0.25) is 0 Å². The first-order valence-electron chi connectivity index (χ1n) is 6.11. The second-order valence-electron chi connectivity index (χ2n) is 4.79. The minimum Gasteiger partial charge on any atom is -0.454 e. The molecule has 0 saturated carbocycles. The molecule has 0 spiro atoms. The fourth-order valence-corrected chi connectivity index (χ4v) is 1.92. The van der Waals surface area contributed by atoms with Gasteiger partial charge in [-0.3, -0.25) is 4.79 Å². The third-order valence-corrected chi connectivity index (χ3v) is 3.15. The maximum absolute atomic E-state index is 12.2. The number of fused-ring (bicyclic) bond motifs is 1. The van der Waals surface area contributed by atoms with Gasteiger partial charge in [0, 0.05) is 18.8 Å². The minimum absolute atomic E-state index is 0.0195. The summed E-state index contributed by atoms with van der Waals surface area (Å²) in [5.74, 6) is 0.418. The van der Waals surface area contributed by atoms with Gasteiger partial charge in [-0.1, -0.05) is 13.8 Å². The molecule has 0 aliphatic carbocycles. The van der Waals surface area contributed by atoms with Crippen molar-refractivity contribution in [2.75, 3.05) is 18.7 Å². The van der Waals surface area contributed by atoms with Crippen LogP contribution < -0.4 is 14.4 Å². The molecular weight excluding hydrogens is 244 g/mol. The molecular formula is C14H16N2O3. The molecule has 0 saturated heterocycles. The predicted molar refractivity (Wildman–Crippen MR) is 69.9 cm³/mol. The number of benzene rings is 1. The van der Waals surface area contributed by atoms with Crippen molar-refractivity contribution in [1.29, 1.82) is 5.26 Å². The number of nitrogens with zero attached hydrogens (tertiary/aromatic N) is 2. The fourth-order valence-electron chi connectivity index (χ4n) is 1.92. The van der Waals surface area contributed by atoms with Crippen molar-refractivity contribution < 1.29 is 14.3 Å². The number of amides is 1. The zero-order chi connectivity index (χ0) is 14.0. The van der Waals surface area contributed by atoms with Gasteiger partial charge < -0.3 is 14.4 Å². The highest BCUT2D eigenvalue weighted by Crippen LogP contribution is 2.35. The lowest BCUT2D eigenvalue weighted by atomic mass is 9.96. The molecule has 5 heteroatoms. The van der Waals surface area contributed by atoms with E-state index in [9.17, 15) is 4.79 Å². The standard InChI is InChI=1S/C14H16N2O3/c1-9(2)11(7-15)14(17)16(3)10-4-5-12-13(6-10)19-8-18-12/h4-6,9,11H,8H2,1-3H3. The van der Waals surface area contributed by atoms with Crippen molar-refractivity contribution in [1.82, 2.24) is 0 Å². The van der Waals surface area contributed by atoms with Crippen LogP contribution in [0.4, 0.5) is 5.69 Å². The van der Waals surface area contributed by atoms with E-state index in [1.807, 2.05) is 13.8 Å². The van der Waals surface area contributed by atoms with E-state index >= 15 is 0 Å². The van der Waals surface area contributed by atoms with E-state index in [0.717, 1.165) is 0 Å². The first kappa shape index (κ1) is 13.2. The number of anilines is 1. The van der Waals surface area contributed by atoms with Crippen LogP contribution in [0.1, 0.15) is 13.8 Å². The highest BCUT2D eigenvalue weighted by atomic mass is 16.7. The molecule has 1 aliphatic rings. The van der Waals surface area contributed by atoms with Crippen LogP contribution in [0, 0.1) is 23.2 Å². The number of hydrogen-bond donors (Lipinski definition) is 0. The SMILES string of the molecule is CC(C)C(C#N)C(=O)N(C)c1ccc2c(c1)OCO2. The Labute approximate surface area is 112 Å². The van der Waals surface area contributed by atoms with Crippen LogP contribution >= 0.6 is 0 Å². The maximum atomic E-state index is 12.2. The van der Waals surface area contributed by atoms with Gasteiger partial charge in [0.2, 0.25) is 12.7 Å². The summed E-state index contributed by atoms with van der Waals surface area (Å²) >= 11 is 0. The summed E-state index contributed by atoms with van der Waals surface area (Å²) < 4.78 is 10.5. The van der Waals surface area contributed by atoms with Gasteiger partial charge in [0.1, 0.15) is 5.92 Å². The molecule has 1 atom stereocenters.